The van der Waals surface area contributed by atoms with Gasteiger partial charge in [0.2, 0.25) is 0 Å². The monoisotopic (exact) mass is 434 g/mol. The highest BCUT2D eigenvalue weighted by atomic mass is 16.3. The maximum atomic E-state index is 9.27. The van der Waals surface area contributed by atoms with E-state index in [4.69, 9.17) is 12.8 Å². The summed E-state index contributed by atoms with van der Waals surface area (Å²) in [6, 6.07) is 0. The highest BCUT2D eigenvalue weighted by Crippen LogP contribution is 2.09. The average Bonchev–Trinajstić information content (AvgIpc) is 2.81. The van der Waals surface area contributed by atoms with Crippen molar-refractivity contribution in [2.24, 2.45) is 0 Å². The lowest BCUT2D eigenvalue weighted by Gasteiger charge is -2.02. The quantitative estimate of drug-likeness (QED) is 0.159. The zero-order valence-corrected chi connectivity index (χ0v) is 19.8. The third kappa shape index (κ3) is 23.9. The summed E-state index contributed by atoms with van der Waals surface area (Å²) in [6.07, 6.45) is 33.7. The van der Waals surface area contributed by atoms with Crippen LogP contribution in [0.25, 0.3) is 0 Å². The van der Waals surface area contributed by atoms with Gasteiger partial charge in [-0.15, -0.1) is 24.7 Å². The lowest BCUT2D eigenvalue weighted by molar-refractivity contribution is 0.217. The summed E-state index contributed by atoms with van der Waals surface area (Å²) >= 11 is 0. The molecule has 0 rings (SSSR count). The molecule has 0 aliphatic rings. The van der Waals surface area contributed by atoms with E-state index in [2.05, 4.69) is 47.7 Å². The van der Waals surface area contributed by atoms with Crippen molar-refractivity contribution in [1.82, 2.24) is 0 Å². The molecule has 0 spiro atoms. The zero-order chi connectivity index (χ0) is 23.5. The second kappa shape index (κ2) is 24.9. The van der Waals surface area contributed by atoms with Crippen LogP contribution in [0.2, 0.25) is 0 Å². The molecule has 0 aliphatic carbocycles. The fourth-order valence-electron chi connectivity index (χ4n) is 3.06. The summed E-state index contributed by atoms with van der Waals surface area (Å²) in [4.78, 5) is 0. The van der Waals surface area contributed by atoms with Gasteiger partial charge in [0.15, 0.2) is 0 Å². The fraction of sp³-hybridized carbons (Fsp3) is 0.600. The van der Waals surface area contributed by atoms with E-state index in [-0.39, 0.29) is 0 Å². The molecule has 0 aliphatic heterocycles. The third-order valence-electron chi connectivity index (χ3n) is 4.99. The Bertz CT molecular complexity index is 694. The molecular weight excluding hydrogens is 392 g/mol. The van der Waals surface area contributed by atoms with E-state index in [1.807, 2.05) is 6.08 Å². The number of unbranched alkanes of at least 4 members (excludes halogenated alkanes) is 11. The van der Waals surface area contributed by atoms with Crippen LogP contribution in [0.5, 0.6) is 0 Å². The number of terminal acetylenes is 2. The first-order chi connectivity index (χ1) is 15.7. The van der Waals surface area contributed by atoms with Gasteiger partial charge in [-0.1, -0.05) is 80.4 Å². The van der Waals surface area contributed by atoms with Crippen LogP contribution >= 0.6 is 0 Å². The molecule has 0 bridgehead atoms. The van der Waals surface area contributed by atoms with Gasteiger partial charge in [0, 0.05) is 25.7 Å². The number of hydrogen-bond acceptors (Lipinski definition) is 2. The van der Waals surface area contributed by atoms with E-state index in [0.717, 1.165) is 64.2 Å². The molecule has 0 radical (unpaired) electrons. The van der Waals surface area contributed by atoms with E-state index in [1.54, 1.807) is 6.08 Å². The maximum absolute atomic E-state index is 9.27. The van der Waals surface area contributed by atoms with E-state index in [9.17, 15) is 10.2 Å². The summed E-state index contributed by atoms with van der Waals surface area (Å²) < 4.78 is 0. The fourth-order valence-corrected chi connectivity index (χ4v) is 3.06. The maximum Gasteiger partial charge on any atom is 0.133 e. The minimum absolute atomic E-state index is 0.566. The van der Waals surface area contributed by atoms with Gasteiger partial charge >= 0.3 is 0 Å². The number of rotatable bonds is 17. The lowest BCUT2D eigenvalue weighted by atomic mass is 10.1. The first-order valence-electron chi connectivity index (χ1n) is 12.2. The van der Waals surface area contributed by atoms with Gasteiger partial charge < -0.3 is 10.2 Å². The Morgan fingerprint density at radius 2 is 1.12 bits per heavy atom. The number of hydrogen-bond donors (Lipinski definition) is 2. The molecule has 0 aromatic rings. The van der Waals surface area contributed by atoms with Crippen LogP contribution in [0.1, 0.15) is 103 Å². The van der Waals surface area contributed by atoms with Crippen molar-refractivity contribution in [2.75, 3.05) is 0 Å². The van der Waals surface area contributed by atoms with Crippen molar-refractivity contribution in [1.29, 1.82) is 0 Å². The Hall–Kier alpha value is -2.36. The van der Waals surface area contributed by atoms with Crippen molar-refractivity contribution in [3.8, 4) is 48.4 Å². The number of aliphatic hydroxyl groups is 2. The minimum atomic E-state index is -0.745. The van der Waals surface area contributed by atoms with Gasteiger partial charge in [0.1, 0.15) is 12.2 Å². The topological polar surface area (TPSA) is 40.5 Å². The Morgan fingerprint density at radius 1 is 0.594 bits per heavy atom. The molecule has 0 amide bonds. The standard InChI is InChI=1S/C30H42O2/c1-3-29(31)27-25-23-21-19-17-15-13-11-9-7-5-6-8-10-12-14-16-18-20-22-24-26-28-30(32)4-2/h1-2,5-6,25,27,29-32H,7-8,13-24,26,28H2/t29-,30+/m1/s1. The number of allylic oxidation sites excluding steroid dienone is 3. The molecule has 32 heavy (non-hydrogen) atoms. The van der Waals surface area contributed by atoms with Crippen LogP contribution in [-0.4, -0.2) is 22.4 Å². The van der Waals surface area contributed by atoms with Gasteiger partial charge in [-0.05, 0) is 44.6 Å². The van der Waals surface area contributed by atoms with Crippen LogP contribution in [0.15, 0.2) is 24.3 Å². The molecule has 0 heterocycles. The van der Waals surface area contributed by atoms with Crippen LogP contribution in [0.3, 0.4) is 0 Å². The van der Waals surface area contributed by atoms with E-state index < -0.39 is 12.2 Å². The molecule has 0 saturated carbocycles. The van der Waals surface area contributed by atoms with Gasteiger partial charge in [-0.25, -0.2) is 0 Å². The van der Waals surface area contributed by atoms with E-state index in [0.29, 0.717) is 0 Å². The first-order valence-corrected chi connectivity index (χ1v) is 12.2. The highest BCUT2D eigenvalue weighted by molar-refractivity contribution is 5.09. The Labute approximate surface area is 198 Å². The average molecular weight is 435 g/mol. The third-order valence-corrected chi connectivity index (χ3v) is 4.99. The molecule has 2 heteroatoms. The molecular formula is C30H42O2. The smallest absolute Gasteiger partial charge is 0.133 e. The van der Waals surface area contributed by atoms with Crippen LogP contribution in [0, 0.1) is 48.4 Å². The molecule has 0 fully saturated rings. The van der Waals surface area contributed by atoms with Gasteiger partial charge in [0.05, 0.1) is 0 Å². The molecule has 2 nitrogen and oxygen atoms in total. The summed E-state index contributed by atoms with van der Waals surface area (Å²) in [5, 5.41) is 18.5. The lowest BCUT2D eigenvalue weighted by Crippen LogP contribution is -2.01. The SMILES string of the molecule is C#C[C@@H](O)C=CCCCCCCC#CCC=CCC#CCCCCCCCC[C@@H](O)C#C. The molecule has 0 saturated heterocycles. The number of aliphatic hydroxyl groups excluding tert-OH is 2. The summed E-state index contributed by atoms with van der Waals surface area (Å²) in [5.74, 6) is 17.5. The van der Waals surface area contributed by atoms with Crippen molar-refractivity contribution >= 4 is 0 Å². The normalized spacial score (nSPS) is 12.4. The molecule has 0 aromatic heterocycles. The van der Waals surface area contributed by atoms with E-state index >= 15 is 0 Å². The van der Waals surface area contributed by atoms with Gasteiger partial charge in [-0.3, -0.25) is 0 Å². The van der Waals surface area contributed by atoms with Crippen molar-refractivity contribution in [2.45, 2.75) is 115 Å². The second-order valence-electron chi connectivity index (χ2n) is 7.92. The zero-order valence-electron chi connectivity index (χ0n) is 19.8. The summed E-state index contributed by atoms with van der Waals surface area (Å²) in [7, 11) is 0. The molecule has 174 valence electrons. The van der Waals surface area contributed by atoms with Crippen LogP contribution in [-0.2, 0) is 0 Å². The van der Waals surface area contributed by atoms with Crippen molar-refractivity contribution < 1.29 is 10.2 Å². The second-order valence-corrected chi connectivity index (χ2v) is 7.92. The predicted octanol–water partition coefficient (Wildman–Crippen LogP) is 6.34. The Morgan fingerprint density at radius 3 is 1.69 bits per heavy atom. The summed E-state index contributed by atoms with van der Waals surface area (Å²) in [6.45, 7) is 0. The minimum Gasteiger partial charge on any atom is -0.380 e. The van der Waals surface area contributed by atoms with Gasteiger partial charge in [0.25, 0.3) is 0 Å². The van der Waals surface area contributed by atoms with Gasteiger partial charge in [-0.2, -0.15) is 0 Å². The van der Waals surface area contributed by atoms with Crippen LogP contribution < -0.4 is 0 Å². The van der Waals surface area contributed by atoms with E-state index in [1.165, 1.54) is 38.5 Å². The Kier molecular flexibility index (Phi) is 23.1. The van der Waals surface area contributed by atoms with Crippen molar-refractivity contribution in [3.63, 3.8) is 0 Å². The first kappa shape index (κ1) is 29.6. The largest absolute Gasteiger partial charge is 0.380 e. The summed E-state index contributed by atoms with van der Waals surface area (Å²) in [5.41, 5.74) is 0. The predicted molar refractivity (Wildman–Crippen MR) is 137 cm³/mol. The van der Waals surface area contributed by atoms with Crippen molar-refractivity contribution in [3.05, 3.63) is 24.3 Å². The molecule has 2 N–H and O–H groups in total. The highest BCUT2D eigenvalue weighted by Gasteiger charge is 1.97. The molecule has 0 unspecified atom stereocenters. The molecule has 0 aromatic carbocycles. The Balaban J connectivity index is 3.41. The molecule has 2 atom stereocenters. The van der Waals surface area contributed by atoms with Crippen LogP contribution in [0.4, 0.5) is 0 Å².